The van der Waals surface area contributed by atoms with E-state index in [-0.39, 0.29) is 23.8 Å². The summed E-state index contributed by atoms with van der Waals surface area (Å²) in [5, 5.41) is 10.6. The highest BCUT2D eigenvalue weighted by atomic mass is 16.2. The lowest BCUT2D eigenvalue weighted by Gasteiger charge is -2.33. The van der Waals surface area contributed by atoms with Gasteiger partial charge in [0.2, 0.25) is 11.9 Å². The molecule has 1 aliphatic heterocycles. The Morgan fingerprint density at radius 2 is 1.73 bits per heavy atom. The fraction of sp³-hybridized carbons (Fsp3) is 0.440. The zero-order valence-electron chi connectivity index (χ0n) is 19.4. The van der Waals surface area contributed by atoms with Crippen LogP contribution in [-0.2, 0) is 4.79 Å². The van der Waals surface area contributed by atoms with Crippen molar-refractivity contribution in [3.63, 3.8) is 0 Å². The maximum atomic E-state index is 12.9. The summed E-state index contributed by atoms with van der Waals surface area (Å²) >= 11 is 0. The van der Waals surface area contributed by atoms with Gasteiger partial charge in [-0.15, -0.1) is 5.10 Å². The Hall–Kier alpha value is -3.42. The maximum absolute atomic E-state index is 12.9. The van der Waals surface area contributed by atoms with Gasteiger partial charge in [0, 0.05) is 30.6 Å². The molecular weight excluding hydrogens is 416 g/mol. The van der Waals surface area contributed by atoms with Crippen molar-refractivity contribution in [1.82, 2.24) is 19.9 Å². The second kappa shape index (κ2) is 8.50. The summed E-state index contributed by atoms with van der Waals surface area (Å²) in [4.78, 5) is 31.7. The molecule has 5 rings (SSSR count). The number of benzene rings is 1. The van der Waals surface area contributed by atoms with Crippen molar-refractivity contribution in [2.24, 2.45) is 5.92 Å². The molecule has 1 aromatic carbocycles. The van der Waals surface area contributed by atoms with Crippen molar-refractivity contribution in [2.75, 3.05) is 23.3 Å². The lowest BCUT2D eigenvalue weighted by atomic mass is 9.97. The van der Waals surface area contributed by atoms with Gasteiger partial charge in [0.15, 0.2) is 5.65 Å². The first-order chi connectivity index (χ1) is 15.9. The standard InChI is InChI=1S/C25H30N6O2/c1-15-7-10-20(17(3)16(15)2)24(33)26-19-11-13-30(14-12-19)22-6-4-5-21-27-25(29-31(21)22)28-23(32)18-8-9-18/h4-7,10,18-19H,8-9,11-14H2,1-3H3,(H,26,33)(H,28,29,32). The lowest BCUT2D eigenvalue weighted by molar-refractivity contribution is -0.117. The van der Waals surface area contributed by atoms with Crippen LogP contribution in [0.4, 0.5) is 11.8 Å². The monoisotopic (exact) mass is 446 g/mol. The zero-order valence-corrected chi connectivity index (χ0v) is 19.4. The van der Waals surface area contributed by atoms with Crippen molar-refractivity contribution < 1.29 is 9.59 Å². The summed E-state index contributed by atoms with van der Waals surface area (Å²) in [6, 6.07) is 9.95. The number of hydrogen-bond donors (Lipinski definition) is 2. The summed E-state index contributed by atoms with van der Waals surface area (Å²) in [7, 11) is 0. The largest absolute Gasteiger partial charge is 0.356 e. The number of aromatic nitrogens is 3. The van der Waals surface area contributed by atoms with Crippen LogP contribution in [-0.4, -0.2) is 45.5 Å². The molecule has 0 spiro atoms. The van der Waals surface area contributed by atoms with Crippen molar-refractivity contribution in [1.29, 1.82) is 0 Å². The van der Waals surface area contributed by atoms with Gasteiger partial charge in [0.05, 0.1) is 0 Å². The van der Waals surface area contributed by atoms with Gasteiger partial charge in [-0.3, -0.25) is 14.9 Å². The molecule has 1 saturated heterocycles. The summed E-state index contributed by atoms with van der Waals surface area (Å²) < 4.78 is 1.79. The molecule has 2 amide bonds. The van der Waals surface area contributed by atoms with Crippen molar-refractivity contribution >= 4 is 29.2 Å². The second-order valence-corrected chi connectivity index (χ2v) is 9.27. The average Bonchev–Trinajstić information content (AvgIpc) is 3.58. The van der Waals surface area contributed by atoms with Gasteiger partial charge in [-0.2, -0.15) is 9.50 Å². The summed E-state index contributed by atoms with van der Waals surface area (Å²) in [5.74, 6) is 1.41. The number of piperidine rings is 1. The van der Waals surface area contributed by atoms with Crippen LogP contribution in [0, 0.1) is 26.7 Å². The SMILES string of the molecule is Cc1ccc(C(=O)NC2CCN(c3cccc4nc(NC(=O)C5CC5)nn34)CC2)c(C)c1C. The third kappa shape index (κ3) is 4.29. The predicted molar refractivity (Wildman–Crippen MR) is 128 cm³/mol. The van der Waals surface area contributed by atoms with E-state index in [2.05, 4.69) is 39.5 Å². The minimum absolute atomic E-state index is 0.00280. The summed E-state index contributed by atoms with van der Waals surface area (Å²) in [6.07, 6.45) is 3.59. The molecule has 2 aliphatic rings. The topological polar surface area (TPSA) is 91.6 Å². The van der Waals surface area contributed by atoms with E-state index in [4.69, 9.17) is 0 Å². The Morgan fingerprint density at radius 1 is 0.970 bits per heavy atom. The normalized spacial score (nSPS) is 16.8. The molecule has 1 saturated carbocycles. The van der Waals surface area contributed by atoms with Gasteiger partial charge in [-0.1, -0.05) is 12.1 Å². The van der Waals surface area contributed by atoms with Gasteiger partial charge >= 0.3 is 0 Å². The first-order valence-corrected chi connectivity index (χ1v) is 11.7. The Bertz CT molecular complexity index is 1220. The van der Waals surface area contributed by atoms with Crippen LogP contribution in [0.2, 0.25) is 0 Å². The third-order valence-electron chi connectivity index (χ3n) is 6.98. The number of nitrogens with zero attached hydrogens (tertiary/aromatic N) is 4. The molecule has 33 heavy (non-hydrogen) atoms. The molecule has 0 unspecified atom stereocenters. The Kier molecular flexibility index (Phi) is 5.52. The number of aryl methyl sites for hydroxylation is 1. The smallest absolute Gasteiger partial charge is 0.251 e. The first-order valence-electron chi connectivity index (χ1n) is 11.7. The van der Waals surface area contributed by atoms with E-state index >= 15 is 0 Å². The minimum Gasteiger partial charge on any atom is -0.356 e. The van der Waals surface area contributed by atoms with E-state index in [1.165, 1.54) is 11.1 Å². The highest BCUT2D eigenvalue weighted by molar-refractivity contribution is 5.96. The molecule has 2 N–H and O–H groups in total. The highest BCUT2D eigenvalue weighted by Crippen LogP contribution is 2.30. The van der Waals surface area contributed by atoms with Crippen LogP contribution < -0.4 is 15.5 Å². The molecular formula is C25H30N6O2. The van der Waals surface area contributed by atoms with Crippen LogP contribution in [0.15, 0.2) is 30.3 Å². The van der Waals surface area contributed by atoms with Crippen molar-refractivity contribution in [3.05, 3.63) is 52.6 Å². The molecule has 0 bridgehead atoms. The van der Waals surface area contributed by atoms with Gasteiger partial charge in [-0.25, -0.2) is 0 Å². The van der Waals surface area contributed by atoms with Crippen molar-refractivity contribution in [2.45, 2.75) is 52.5 Å². The lowest BCUT2D eigenvalue weighted by Crippen LogP contribution is -2.45. The number of nitrogens with one attached hydrogen (secondary N) is 2. The number of pyridine rings is 1. The van der Waals surface area contributed by atoms with E-state index in [0.717, 1.165) is 55.7 Å². The number of rotatable bonds is 5. The fourth-order valence-electron chi connectivity index (χ4n) is 4.46. The molecule has 1 aliphatic carbocycles. The Morgan fingerprint density at radius 3 is 2.45 bits per heavy atom. The second-order valence-electron chi connectivity index (χ2n) is 9.27. The van der Waals surface area contributed by atoms with Crippen LogP contribution in [0.3, 0.4) is 0 Å². The molecule has 0 radical (unpaired) electrons. The van der Waals surface area contributed by atoms with Crippen molar-refractivity contribution in [3.8, 4) is 0 Å². The fourth-order valence-corrected chi connectivity index (χ4v) is 4.46. The molecule has 172 valence electrons. The summed E-state index contributed by atoms with van der Waals surface area (Å²) in [6.45, 7) is 7.76. The number of amides is 2. The molecule has 8 heteroatoms. The molecule has 3 heterocycles. The number of fused-ring (bicyclic) bond motifs is 1. The number of anilines is 2. The maximum Gasteiger partial charge on any atom is 0.251 e. The Balaban J connectivity index is 1.24. The van der Waals surface area contributed by atoms with Crippen LogP contribution in [0.5, 0.6) is 0 Å². The molecule has 2 aromatic heterocycles. The summed E-state index contributed by atoms with van der Waals surface area (Å²) in [5.41, 5.74) is 4.89. The minimum atomic E-state index is 0.00280. The van der Waals surface area contributed by atoms with Crippen LogP contribution >= 0.6 is 0 Å². The Labute approximate surface area is 193 Å². The molecule has 3 aromatic rings. The van der Waals surface area contributed by atoms with Gasteiger partial charge < -0.3 is 10.2 Å². The average molecular weight is 447 g/mol. The van der Waals surface area contributed by atoms with E-state index < -0.39 is 0 Å². The van der Waals surface area contributed by atoms with E-state index in [0.29, 0.717) is 11.6 Å². The predicted octanol–water partition coefficient (Wildman–Crippen LogP) is 3.40. The molecule has 2 fully saturated rings. The van der Waals surface area contributed by atoms with Gasteiger partial charge in [0.1, 0.15) is 5.82 Å². The zero-order chi connectivity index (χ0) is 23.1. The third-order valence-corrected chi connectivity index (χ3v) is 6.98. The highest BCUT2D eigenvalue weighted by Gasteiger charge is 2.30. The molecule has 0 atom stereocenters. The van der Waals surface area contributed by atoms with E-state index in [1.54, 1.807) is 4.52 Å². The number of carbonyl (C=O) groups is 2. The van der Waals surface area contributed by atoms with Crippen LogP contribution in [0.25, 0.3) is 5.65 Å². The van der Waals surface area contributed by atoms with Gasteiger partial charge in [-0.05, 0) is 81.3 Å². The van der Waals surface area contributed by atoms with Crippen LogP contribution in [0.1, 0.15) is 52.7 Å². The van der Waals surface area contributed by atoms with E-state index in [9.17, 15) is 9.59 Å². The quantitative estimate of drug-likeness (QED) is 0.627. The first kappa shape index (κ1) is 21.4. The van der Waals surface area contributed by atoms with Gasteiger partial charge in [0.25, 0.3) is 5.91 Å². The van der Waals surface area contributed by atoms with E-state index in [1.807, 2.05) is 37.3 Å². The number of carbonyl (C=O) groups excluding carboxylic acids is 2. The molecule has 8 nitrogen and oxygen atoms in total. The number of hydrogen-bond acceptors (Lipinski definition) is 5.